The molecule has 1 saturated heterocycles. The van der Waals surface area contributed by atoms with Crippen LogP contribution in [0.5, 0.6) is 0 Å². The molecule has 3 aromatic rings. The average Bonchev–Trinajstić information content (AvgIpc) is 3.35. The highest BCUT2D eigenvalue weighted by atomic mass is 32.2. The number of sulfonamides is 1. The lowest BCUT2D eigenvalue weighted by Gasteiger charge is -2.35. The van der Waals surface area contributed by atoms with Gasteiger partial charge in [-0.15, -0.1) is 0 Å². The van der Waals surface area contributed by atoms with Crippen LogP contribution in [0.25, 0.3) is 11.3 Å². The van der Waals surface area contributed by atoms with Gasteiger partial charge in [-0.25, -0.2) is 31.6 Å². The first-order valence-corrected chi connectivity index (χ1v) is 12.5. The van der Waals surface area contributed by atoms with E-state index >= 15 is 0 Å². The van der Waals surface area contributed by atoms with Gasteiger partial charge >= 0.3 is 6.18 Å². The lowest BCUT2D eigenvalue weighted by molar-refractivity contribution is -0.141. The minimum Gasteiger partial charge on any atom is -0.349 e. The lowest BCUT2D eigenvalue weighted by atomic mass is 9.97. The van der Waals surface area contributed by atoms with Gasteiger partial charge in [0.2, 0.25) is 15.9 Å². The summed E-state index contributed by atoms with van der Waals surface area (Å²) in [7, 11) is -4.58. The van der Waals surface area contributed by atoms with Crippen molar-refractivity contribution < 1.29 is 39.6 Å². The largest absolute Gasteiger partial charge is 0.433 e. The van der Waals surface area contributed by atoms with Crippen molar-refractivity contribution in [3.05, 3.63) is 72.2 Å². The van der Waals surface area contributed by atoms with E-state index in [1.54, 1.807) is 0 Å². The Morgan fingerprint density at radius 3 is 2.39 bits per heavy atom. The number of hydrogen-bond donors (Lipinski definition) is 1. The van der Waals surface area contributed by atoms with Gasteiger partial charge in [0.15, 0.2) is 5.54 Å². The van der Waals surface area contributed by atoms with E-state index in [0.717, 1.165) is 48.9 Å². The number of rotatable bonds is 7. The molecule has 3 heterocycles. The van der Waals surface area contributed by atoms with Gasteiger partial charge in [0.1, 0.15) is 17.8 Å². The molecule has 0 spiro atoms. The highest BCUT2D eigenvalue weighted by Gasteiger charge is 2.59. The van der Waals surface area contributed by atoms with Gasteiger partial charge in [-0.1, -0.05) is 0 Å². The van der Waals surface area contributed by atoms with Crippen molar-refractivity contribution in [2.45, 2.75) is 42.4 Å². The van der Waals surface area contributed by atoms with Gasteiger partial charge < -0.3 is 5.32 Å². The van der Waals surface area contributed by atoms with Crippen LogP contribution in [0.2, 0.25) is 0 Å². The molecule has 202 valence electrons. The summed E-state index contributed by atoms with van der Waals surface area (Å²) in [6.45, 7) is -0.753. The molecular formula is C23H19F6N5O3S. The third-order valence-electron chi connectivity index (χ3n) is 6.02. The summed E-state index contributed by atoms with van der Waals surface area (Å²) in [5.74, 6) is -1.98. The molecule has 15 heteroatoms. The molecular weight excluding hydrogens is 540 g/mol. The standard InChI is InChI=1S/C23H19F6N5O3S/c24-15-3-5-17(6-4-15)38(36,37)34-9-1-8-22(34,20(25)26)21(35)31-12-16-10-18(33-13-32-16)14-2-7-19(30-11-14)23(27,28)29/h2-7,10-11,13,20H,1,8-9,12H2,(H,31,35)/t22-/m1/s1. The van der Waals surface area contributed by atoms with E-state index in [2.05, 4.69) is 20.3 Å². The predicted molar refractivity (Wildman–Crippen MR) is 120 cm³/mol. The highest BCUT2D eigenvalue weighted by Crippen LogP contribution is 2.39. The van der Waals surface area contributed by atoms with Gasteiger partial charge in [0, 0.05) is 18.3 Å². The molecule has 38 heavy (non-hydrogen) atoms. The zero-order valence-electron chi connectivity index (χ0n) is 19.3. The van der Waals surface area contributed by atoms with E-state index in [9.17, 15) is 39.6 Å². The summed E-state index contributed by atoms with van der Waals surface area (Å²) < 4.78 is 107. The van der Waals surface area contributed by atoms with E-state index in [4.69, 9.17) is 0 Å². The first-order chi connectivity index (χ1) is 17.9. The summed E-state index contributed by atoms with van der Waals surface area (Å²) in [5.41, 5.74) is -3.31. The van der Waals surface area contributed by atoms with Crippen molar-refractivity contribution in [1.29, 1.82) is 0 Å². The van der Waals surface area contributed by atoms with E-state index in [1.807, 2.05) is 0 Å². The molecule has 1 atom stereocenters. The van der Waals surface area contributed by atoms with Crippen LogP contribution in [0.15, 0.2) is 59.9 Å². The first kappa shape index (κ1) is 27.4. The smallest absolute Gasteiger partial charge is 0.349 e. The third-order valence-corrected chi connectivity index (χ3v) is 7.98. The molecule has 0 saturated carbocycles. The molecule has 0 bridgehead atoms. The minimum absolute atomic E-state index is 0.0171. The minimum atomic E-state index is -4.63. The number of alkyl halides is 5. The zero-order chi connectivity index (χ0) is 27.7. The van der Waals surface area contributed by atoms with Crippen LogP contribution >= 0.6 is 0 Å². The van der Waals surface area contributed by atoms with Crippen molar-refractivity contribution in [1.82, 2.24) is 24.6 Å². The van der Waals surface area contributed by atoms with E-state index in [0.29, 0.717) is 4.31 Å². The number of hydrogen-bond acceptors (Lipinski definition) is 6. The second-order valence-corrected chi connectivity index (χ2v) is 10.2. The molecule has 1 aliphatic heterocycles. The number of benzene rings is 1. The van der Waals surface area contributed by atoms with Gasteiger partial charge in [-0.3, -0.25) is 9.78 Å². The monoisotopic (exact) mass is 559 g/mol. The maximum atomic E-state index is 14.4. The van der Waals surface area contributed by atoms with Crippen LogP contribution in [-0.2, 0) is 27.5 Å². The Labute approximate surface area is 212 Å². The molecule has 1 amide bonds. The summed E-state index contributed by atoms with van der Waals surface area (Å²) in [6, 6.07) is 6.81. The Kier molecular flexibility index (Phi) is 7.43. The number of aromatic nitrogens is 3. The summed E-state index contributed by atoms with van der Waals surface area (Å²) in [4.78, 5) is 23.9. The van der Waals surface area contributed by atoms with Gasteiger partial charge in [0.25, 0.3) is 6.43 Å². The number of nitrogens with zero attached hydrogens (tertiary/aromatic N) is 4. The van der Waals surface area contributed by atoms with Crippen LogP contribution < -0.4 is 5.32 Å². The summed E-state index contributed by atoms with van der Waals surface area (Å²) in [5, 5.41) is 2.29. The number of carbonyl (C=O) groups is 1. The van der Waals surface area contributed by atoms with E-state index < -0.39 is 63.4 Å². The summed E-state index contributed by atoms with van der Waals surface area (Å²) >= 11 is 0. The Morgan fingerprint density at radius 1 is 1.08 bits per heavy atom. The number of amides is 1. The molecule has 1 aliphatic rings. The normalized spacial score (nSPS) is 18.6. The van der Waals surface area contributed by atoms with Crippen LogP contribution in [-0.4, -0.2) is 52.1 Å². The van der Waals surface area contributed by atoms with E-state index in [-0.39, 0.29) is 29.9 Å². The molecule has 0 aliphatic carbocycles. The zero-order valence-corrected chi connectivity index (χ0v) is 20.1. The molecule has 0 unspecified atom stereocenters. The van der Waals surface area contributed by atoms with Crippen molar-refractivity contribution in [2.24, 2.45) is 0 Å². The Morgan fingerprint density at radius 2 is 1.79 bits per heavy atom. The quantitative estimate of drug-likeness (QED) is 0.442. The molecule has 1 aromatic carbocycles. The number of nitrogens with one attached hydrogen (secondary N) is 1. The maximum absolute atomic E-state index is 14.4. The fourth-order valence-corrected chi connectivity index (χ4v) is 5.90. The predicted octanol–water partition coefficient (Wildman–Crippen LogP) is 3.80. The Hall–Kier alpha value is -3.59. The number of pyridine rings is 1. The van der Waals surface area contributed by atoms with E-state index in [1.165, 1.54) is 6.07 Å². The third kappa shape index (κ3) is 5.20. The topological polar surface area (TPSA) is 105 Å². The number of halogens is 6. The average molecular weight is 559 g/mol. The van der Waals surface area contributed by atoms with Crippen LogP contribution in [0, 0.1) is 5.82 Å². The van der Waals surface area contributed by atoms with Crippen molar-refractivity contribution in [3.8, 4) is 11.3 Å². The second-order valence-electron chi connectivity index (χ2n) is 8.37. The second kappa shape index (κ2) is 10.3. The Balaban J connectivity index is 1.55. The van der Waals surface area contributed by atoms with Crippen LogP contribution in [0.1, 0.15) is 24.2 Å². The number of carbonyl (C=O) groups excluding carboxylic acids is 1. The van der Waals surface area contributed by atoms with Gasteiger partial charge in [-0.2, -0.15) is 17.5 Å². The summed E-state index contributed by atoms with van der Waals surface area (Å²) in [6.07, 6.45) is -6.47. The van der Waals surface area contributed by atoms with Crippen LogP contribution in [0.4, 0.5) is 26.3 Å². The van der Waals surface area contributed by atoms with Crippen molar-refractivity contribution in [2.75, 3.05) is 6.54 Å². The molecule has 0 radical (unpaired) electrons. The van der Waals surface area contributed by atoms with Gasteiger partial charge in [0.05, 0.1) is 22.8 Å². The maximum Gasteiger partial charge on any atom is 0.433 e. The fourth-order valence-electron chi connectivity index (χ4n) is 4.12. The van der Waals surface area contributed by atoms with Crippen molar-refractivity contribution >= 4 is 15.9 Å². The fraction of sp³-hybridized carbons (Fsp3) is 0.304. The van der Waals surface area contributed by atoms with Crippen molar-refractivity contribution in [3.63, 3.8) is 0 Å². The molecule has 8 nitrogen and oxygen atoms in total. The molecule has 4 rings (SSSR count). The first-order valence-electron chi connectivity index (χ1n) is 11.0. The molecule has 1 fully saturated rings. The van der Waals surface area contributed by atoms with Gasteiger partial charge in [-0.05, 0) is 55.3 Å². The molecule has 2 aromatic heterocycles. The SMILES string of the molecule is O=C(NCc1cc(-c2ccc(C(F)(F)F)nc2)ncn1)[C@]1(C(F)F)CCCN1S(=O)(=O)c1ccc(F)cc1. The lowest BCUT2D eigenvalue weighted by Crippen LogP contribution is -2.61. The highest BCUT2D eigenvalue weighted by molar-refractivity contribution is 7.89. The molecule has 1 N–H and O–H groups in total. The Bertz CT molecular complexity index is 1420. The van der Waals surface area contributed by atoms with Crippen LogP contribution in [0.3, 0.4) is 0 Å².